The minimum atomic E-state index is -1.12. The van der Waals surface area contributed by atoms with Gasteiger partial charge in [0.25, 0.3) is 0 Å². The number of ether oxygens (including phenoxy) is 2. The Balaban J connectivity index is 1.59. The smallest absolute Gasteiger partial charge is 0.179 e. The first-order valence-corrected chi connectivity index (χ1v) is 10.8. The van der Waals surface area contributed by atoms with Crippen molar-refractivity contribution in [2.24, 2.45) is 5.73 Å². The molecule has 1 heterocycles. The zero-order valence-electron chi connectivity index (χ0n) is 17.6. The molecule has 0 amide bonds. The molecular formula is C22H27ClFN5O2. The Morgan fingerprint density at radius 3 is 2.68 bits per heavy atom. The molecule has 1 fully saturated rings. The molecule has 2 aliphatic carbocycles. The van der Waals surface area contributed by atoms with Gasteiger partial charge in [-0.05, 0) is 50.9 Å². The highest BCUT2D eigenvalue weighted by molar-refractivity contribution is 6.31. The van der Waals surface area contributed by atoms with Crippen LogP contribution in [0, 0.1) is 5.82 Å². The highest BCUT2D eigenvalue weighted by Gasteiger charge is 2.41. The lowest BCUT2D eigenvalue weighted by Crippen LogP contribution is -2.52. The third-order valence-electron chi connectivity index (χ3n) is 5.96. The Morgan fingerprint density at radius 1 is 1.23 bits per heavy atom. The van der Waals surface area contributed by atoms with Gasteiger partial charge in [-0.1, -0.05) is 11.6 Å². The molecule has 0 aliphatic heterocycles. The number of benzene rings is 1. The van der Waals surface area contributed by atoms with Crippen molar-refractivity contribution in [1.29, 1.82) is 0 Å². The maximum absolute atomic E-state index is 13.5. The van der Waals surface area contributed by atoms with Crippen molar-refractivity contribution in [2.75, 3.05) is 19.5 Å². The van der Waals surface area contributed by atoms with Crippen molar-refractivity contribution in [1.82, 2.24) is 15.3 Å². The van der Waals surface area contributed by atoms with E-state index in [9.17, 15) is 4.39 Å². The lowest BCUT2D eigenvalue weighted by Gasteiger charge is -2.39. The summed E-state index contributed by atoms with van der Waals surface area (Å²) in [7, 11) is 3.57. The molecule has 0 radical (unpaired) electrons. The molecule has 7 nitrogen and oxygen atoms in total. The fourth-order valence-corrected chi connectivity index (χ4v) is 4.42. The van der Waals surface area contributed by atoms with Gasteiger partial charge in [-0.3, -0.25) is 5.73 Å². The van der Waals surface area contributed by atoms with Crippen LogP contribution < -0.4 is 16.4 Å². The van der Waals surface area contributed by atoms with Gasteiger partial charge in [-0.15, -0.1) is 0 Å². The van der Waals surface area contributed by atoms with Crippen molar-refractivity contribution >= 4 is 29.2 Å². The number of hydrogen-bond acceptors (Lipinski definition) is 7. The molecule has 1 saturated carbocycles. The van der Waals surface area contributed by atoms with Gasteiger partial charge >= 0.3 is 0 Å². The Kier molecular flexibility index (Phi) is 6.43. The van der Waals surface area contributed by atoms with Crippen LogP contribution in [0.4, 0.5) is 15.9 Å². The first kappa shape index (κ1) is 22.0. The van der Waals surface area contributed by atoms with E-state index in [1.807, 2.05) is 7.05 Å². The molecule has 4 N–H and O–H groups in total. The Labute approximate surface area is 186 Å². The zero-order valence-corrected chi connectivity index (χ0v) is 18.4. The average molecular weight is 448 g/mol. The summed E-state index contributed by atoms with van der Waals surface area (Å²) >= 11 is 5.92. The number of nitrogens with one attached hydrogen (secondary N) is 2. The summed E-state index contributed by atoms with van der Waals surface area (Å²) in [6.45, 7) is 0. The van der Waals surface area contributed by atoms with Gasteiger partial charge in [-0.25, -0.2) is 14.4 Å². The van der Waals surface area contributed by atoms with E-state index in [1.165, 1.54) is 18.5 Å². The average Bonchev–Trinajstić information content (AvgIpc) is 2.77. The fourth-order valence-electron chi connectivity index (χ4n) is 4.24. The molecule has 1 aromatic carbocycles. The maximum Gasteiger partial charge on any atom is 0.179 e. The van der Waals surface area contributed by atoms with Crippen LogP contribution in [-0.4, -0.2) is 42.0 Å². The van der Waals surface area contributed by atoms with E-state index >= 15 is 0 Å². The van der Waals surface area contributed by atoms with E-state index in [-0.39, 0.29) is 11.1 Å². The molecular weight excluding hydrogens is 421 g/mol. The van der Waals surface area contributed by atoms with Crippen molar-refractivity contribution in [3.8, 4) is 0 Å². The van der Waals surface area contributed by atoms with Crippen LogP contribution in [-0.2, 0) is 15.9 Å². The predicted octanol–water partition coefficient (Wildman–Crippen LogP) is 3.76. The number of halogens is 2. The van der Waals surface area contributed by atoms with Gasteiger partial charge < -0.3 is 20.1 Å². The minimum Gasteiger partial charge on any atom is -0.496 e. The molecule has 4 rings (SSSR count). The molecule has 9 heteroatoms. The molecule has 1 atom stereocenters. The monoisotopic (exact) mass is 447 g/mol. The van der Waals surface area contributed by atoms with Gasteiger partial charge in [0, 0.05) is 29.8 Å². The summed E-state index contributed by atoms with van der Waals surface area (Å²) in [5.74, 6) is 0.619. The third-order valence-corrected chi connectivity index (χ3v) is 6.25. The van der Waals surface area contributed by atoms with Gasteiger partial charge in [0.05, 0.1) is 23.9 Å². The number of nitrogens with zero attached hydrogens (tertiary/aromatic N) is 2. The standard InChI is InChI=1S/C22H27ClFN5O2/c1-26-13-3-6-15(7-4-13)31-22(25)11-16-19(10-20(22)30-2)27-12-28-21(16)29-14-5-8-18(24)17(23)9-14/h5,8-10,12-13,15,26H,3-4,6-7,11,25H2,1-2H3,(H,27,28,29). The number of fused-ring (bicyclic) bond motifs is 1. The number of nitrogens with two attached hydrogens (primary N) is 1. The van der Waals surface area contributed by atoms with E-state index < -0.39 is 11.5 Å². The van der Waals surface area contributed by atoms with Gasteiger partial charge in [0.2, 0.25) is 0 Å². The second kappa shape index (κ2) is 9.08. The van der Waals surface area contributed by atoms with Crippen LogP contribution in [0.25, 0.3) is 6.08 Å². The lowest BCUT2D eigenvalue weighted by atomic mass is 9.90. The van der Waals surface area contributed by atoms with Crippen LogP contribution in [0.1, 0.15) is 36.9 Å². The van der Waals surface area contributed by atoms with Gasteiger partial charge in [0.15, 0.2) is 5.72 Å². The van der Waals surface area contributed by atoms with Crippen molar-refractivity contribution in [2.45, 2.75) is 50.0 Å². The summed E-state index contributed by atoms with van der Waals surface area (Å²) in [4.78, 5) is 8.75. The van der Waals surface area contributed by atoms with Crippen molar-refractivity contribution in [3.05, 3.63) is 52.4 Å². The van der Waals surface area contributed by atoms with Gasteiger partial charge in [0.1, 0.15) is 23.7 Å². The molecule has 2 aliphatic rings. The predicted molar refractivity (Wildman–Crippen MR) is 119 cm³/mol. The van der Waals surface area contributed by atoms with Crippen LogP contribution in [0.15, 0.2) is 30.3 Å². The van der Waals surface area contributed by atoms with Crippen molar-refractivity contribution in [3.63, 3.8) is 0 Å². The molecule has 31 heavy (non-hydrogen) atoms. The van der Waals surface area contributed by atoms with E-state index in [0.29, 0.717) is 35.4 Å². The Morgan fingerprint density at radius 2 is 2.00 bits per heavy atom. The largest absolute Gasteiger partial charge is 0.496 e. The first-order valence-electron chi connectivity index (χ1n) is 10.4. The Hall–Kier alpha value is -2.26. The molecule has 2 aromatic rings. The summed E-state index contributed by atoms with van der Waals surface area (Å²) in [6, 6.07) is 4.93. The van der Waals surface area contributed by atoms with Crippen molar-refractivity contribution < 1.29 is 13.9 Å². The summed E-state index contributed by atoms with van der Waals surface area (Å²) < 4.78 is 25.5. The topological polar surface area (TPSA) is 94.3 Å². The van der Waals surface area contributed by atoms with E-state index in [4.69, 9.17) is 26.8 Å². The van der Waals surface area contributed by atoms with Crippen LogP contribution in [0.3, 0.4) is 0 Å². The summed E-state index contributed by atoms with van der Waals surface area (Å²) in [6.07, 6.45) is 7.58. The summed E-state index contributed by atoms with van der Waals surface area (Å²) in [5, 5.41) is 6.55. The van der Waals surface area contributed by atoms with Crippen LogP contribution in [0.5, 0.6) is 0 Å². The fraction of sp³-hybridized carbons (Fsp3) is 0.455. The lowest BCUT2D eigenvalue weighted by molar-refractivity contribution is -0.104. The number of methoxy groups -OCH3 is 1. The number of hydrogen-bond donors (Lipinski definition) is 3. The van der Waals surface area contributed by atoms with E-state index in [2.05, 4.69) is 20.6 Å². The third kappa shape index (κ3) is 4.67. The second-order valence-electron chi connectivity index (χ2n) is 8.00. The molecule has 0 saturated heterocycles. The maximum atomic E-state index is 13.5. The molecule has 0 bridgehead atoms. The minimum absolute atomic E-state index is 0.0307. The molecule has 166 valence electrons. The van der Waals surface area contributed by atoms with E-state index in [1.54, 1.807) is 19.3 Å². The highest BCUT2D eigenvalue weighted by Crippen LogP contribution is 2.37. The number of aromatic nitrogens is 2. The highest BCUT2D eigenvalue weighted by atomic mass is 35.5. The number of rotatable bonds is 6. The normalized spacial score (nSPS) is 25.5. The number of anilines is 2. The van der Waals surface area contributed by atoms with Crippen LogP contribution >= 0.6 is 11.6 Å². The molecule has 0 spiro atoms. The molecule has 1 unspecified atom stereocenters. The Bertz CT molecular complexity index is 980. The SMILES string of the molecule is CNC1CCC(OC2(N)Cc3c(ncnc3Nc3ccc(F)c(Cl)c3)C=C2OC)CC1. The molecule has 1 aromatic heterocycles. The quantitative estimate of drug-likeness (QED) is 0.580. The second-order valence-corrected chi connectivity index (χ2v) is 8.41. The van der Waals surface area contributed by atoms with Crippen LogP contribution in [0.2, 0.25) is 5.02 Å². The zero-order chi connectivity index (χ0) is 22.0. The van der Waals surface area contributed by atoms with E-state index in [0.717, 1.165) is 31.2 Å². The first-order chi connectivity index (χ1) is 14.9. The van der Waals surface area contributed by atoms with Gasteiger partial charge in [-0.2, -0.15) is 0 Å². The summed E-state index contributed by atoms with van der Waals surface area (Å²) in [5.41, 5.74) is 7.74.